The van der Waals surface area contributed by atoms with Crippen LogP contribution >= 0.6 is 0 Å². The van der Waals surface area contributed by atoms with Crippen LogP contribution in [0.3, 0.4) is 0 Å². The third-order valence-electron chi connectivity index (χ3n) is 2.60. The normalized spacial score (nSPS) is 21.9. The number of ether oxygens (including phenoxy) is 1. The molecule has 1 aliphatic rings. The third kappa shape index (κ3) is 2.01. The van der Waals surface area contributed by atoms with Crippen molar-refractivity contribution in [3.05, 3.63) is 18.0 Å². The Kier molecular flexibility index (Phi) is 2.93. The number of nitrogens with zero attached hydrogens (tertiary/aromatic N) is 2. The maximum atomic E-state index is 4.92. The van der Waals surface area contributed by atoms with Gasteiger partial charge in [-0.05, 0) is 30.9 Å². The Hall–Kier alpha value is -1.16. The maximum absolute atomic E-state index is 4.92. The fraction of sp³-hybridized carbons (Fsp3) is 0.600. The average Bonchev–Trinajstić information content (AvgIpc) is 2.30. The first-order chi connectivity index (χ1) is 6.90. The van der Waals surface area contributed by atoms with Crippen LogP contribution in [0.5, 0.6) is 6.01 Å². The minimum absolute atomic E-state index is 0.442. The molecule has 0 bridgehead atoms. The molecule has 2 heterocycles. The highest BCUT2D eigenvalue weighted by Gasteiger charge is 2.15. The van der Waals surface area contributed by atoms with Crippen molar-refractivity contribution >= 4 is 0 Å². The summed E-state index contributed by atoms with van der Waals surface area (Å²) < 4.78 is 4.92. The molecule has 2 rings (SSSR count). The van der Waals surface area contributed by atoms with Gasteiger partial charge in [-0.25, -0.2) is 9.97 Å². The molecule has 1 atom stereocenters. The van der Waals surface area contributed by atoms with Crippen LogP contribution in [-0.4, -0.2) is 30.2 Å². The molecule has 0 saturated carbocycles. The molecule has 1 unspecified atom stereocenters. The average molecular weight is 193 g/mol. The summed E-state index contributed by atoms with van der Waals surface area (Å²) in [4.78, 5) is 8.22. The number of hydrogen-bond acceptors (Lipinski definition) is 4. The lowest BCUT2D eigenvalue weighted by atomic mass is 9.94. The molecular formula is C10H15N3O. The van der Waals surface area contributed by atoms with Crippen LogP contribution in [0.2, 0.25) is 0 Å². The number of rotatable bonds is 2. The van der Waals surface area contributed by atoms with Crippen LogP contribution in [0, 0.1) is 0 Å². The summed E-state index contributed by atoms with van der Waals surface area (Å²) in [5.74, 6) is 0.564. The van der Waals surface area contributed by atoms with Gasteiger partial charge in [-0.15, -0.1) is 0 Å². The molecule has 1 N–H and O–H groups in total. The lowest BCUT2D eigenvalue weighted by Gasteiger charge is -2.22. The van der Waals surface area contributed by atoms with E-state index in [1.807, 2.05) is 12.4 Å². The molecule has 4 heteroatoms. The van der Waals surface area contributed by atoms with Crippen molar-refractivity contribution in [2.75, 3.05) is 20.2 Å². The van der Waals surface area contributed by atoms with Crippen molar-refractivity contribution in [3.63, 3.8) is 0 Å². The number of methoxy groups -OCH3 is 1. The summed E-state index contributed by atoms with van der Waals surface area (Å²) in [5.41, 5.74) is 1.21. The molecule has 1 aromatic rings. The van der Waals surface area contributed by atoms with Crippen molar-refractivity contribution in [2.24, 2.45) is 0 Å². The SMILES string of the molecule is COc1ncc(C2CCCNC2)cn1. The fourth-order valence-corrected chi connectivity index (χ4v) is 1.78. The fourth-order valence-electron chi connectivity index (χ4n) is 1.78. The summed E-state index contributed by atoms with van der Waals surface area (Å²) in [7, 11) is 1.58. The van der Waals surface area contributed by atoms with Crippen molar-refractivity contribution < 1.29 is 4.74 Å². The molecule has 0 spiro atoms. The van der Waals surface area contributed by atoms with Gasteiger partial charge in [0.05, 0.1) is 7.11 Å². The number of piperidine rings is 1. The Morgan fingerprint density at radius 2 is 2.21 bits per heavy atom. The Labute approximate surface area is 83.7 Å². The molecule has 14 heavy (non-hydrogen) atoms. The van der Waals surface area contributed by atoms with Gasteiger partial charge in [-0.2, -0.15) is 0 Å². The second kappa shape index (κ2) is 4.37. The molecule has 0 amide bonds. The Bertz CT molecular complexity index is 280. The van der Waals surface area contributed by atoms with Crippen LogP contribution < -0.4 is 10.1 Å². The van der Waals surface area contributed by atoms with Gasteiger partial charge in [0.15, 0.2) is 0 Å². The van der Waals surface area contributed by atoms with E-state index in [1.165, 1.54) is 18.4 Å². The van der Waals surface area contributed by atoms with Gasteiger partial charge in [0.25, 0.3) is 0 Å². The maximum Gasteiger partial charge on any atom is 0.316 e. The summed E-state index contributed by atoms with van der Waals surface area (Å²) in [6.45, 7) is 2.17. The first-order valence-corrected chi connectivity index (χ1v) is 4.97. The summed E-state index contributed by atoms with van der Waals surface area (Å²) in [6, 6.07) is 0.442. The predicted molar refractivity (Wildman–Crippen MR) is 53.4 cm³/mol. The van der Waals surface area contributed by atoms with Crippen LogP contribution in [0.1, 0.15) is 24.3 Å². The summed E-state index contributed by atoms with van der Waals surface area (Å²) in [5, 5.41) is 3.38. The lowest BCUT2D eigenvalue weighted by Crippen LogP contribution is -2.28. The highest BCUT2D eigenvalue weighted by Crippen LogP contribution is 2.22. The van der Waals surface area contributed by atoms with E-state index in [2.05, 4.69) is 15.3 Å². The standard InChI is InChI=1S/C10H15N3O/c1-14-10-12-6-9(7-13-10)8-3-2-4-11-5-8/h6-8,11H,2-5H2,1H3. The third-order valence-corrected chi connectivity index (χ3v) is 2.60. The molecule has 1 aromatic heterocycles. The zero-order valence-corrected chi connectivity index (χ0v) is 8.36. The van der Waals surface area contributed by atoms with E-state index < -0.39 is 0 Å². The Morgan fingerprint density at radius 3 is 2.79 bits per heavy atom. The summed E-state index contributed by atoms with van der Waals surface area (Å²) >= 11 is 0. The second-order valence-electron chi connectivity index (χ2n) is 3.55. The van der Waals surface area contributed by atoms with E-state index in [-0.39, 0.29) is 0 Å². The number of nitrogens with one attached hydrogen (secondary N) is 1. The first kappa shape index (κ1) is 9.40. The van der Waals surface area contributed by atoms with E-state index in [0.29, 0.717) is 11.9 Å². The molecule has 1 saturated heterocycles. The molecule has 0 aliphatic carbocycles. The van der Waals surface area contributed by atoms with Gasteiger partial charge in [0, 0.05) is 18.9 Å². The molecule has 4 nitrogen and oxygen atoms in total. The van der Waals surface area contributed by atoms with Gasteiger partial charge in [0.2, 0.25) is 0 Å². The van der Waals surface area contributed by atoms with Gasteiger partial charge in [-0.1, -0.05) is 0 Å². The lowest BCUT2D eigenvalue weighted by molar-refractivity contribution is 0.377. The van der Waals surface area contributed by atoms with Gasteiger partial charge in [-0.3, -0.25) is 0 Å². The quantitative estimate of drug-likeness (QED) is 0.759. The van der Waals surface area contributed by atoms with Crippen LogP contribution in [0.4, 0.5) is 0 Å². The van der Waals surface area contributed by atoms with Crippen molar-refractivity contribution in [1.82, 2.24) is 15.3 Å². The first-order valence-electron chi connectivity index (χ1n) is 4.97. The summed E-state index contributed by atoms with van der Waals surface area (Å²) in [6.07, 6.45) is 6.19. The monoisotopic (exact) mass is 193 g/mol. The van der Waals surface area contributed by atoms with E-state index in [4.69, 9.17) is 4.74 Å². The molecule has 0 aromatic carbocycles. The van der Waals surface area contributed by atoms with Gasteiger partial charge < -0.3 is 10.1 Å². The molecular weight excluding hydrogens is 178 g/mol. The van der Waals surface area contributed by atoms with Crippen LogP contribution in [0.15, 0.2) is 12.4 Å². The van der Waals surface area contributed by atoms with Gasteiger partial charge in [0.1, 0.15) is 0 Å². The highest BCUT2D eigenvalue weighted by molar-refractivity contribution is 5.14. The Morgan fingerprint density at radius 1 is 1.43 bits per heavy atom. The van der Waals surface area contributed by atoms with E-state index in [9.17, 15) is 0 Å². The molecule has 76 valence electrons. The molecule has 1 aliphatic heterocycles. The molecule has 0 radical (unpaired) electrons. The molecule has 1 fully saturated rings. The van der Waals surface area contributed by atoms with E-state index >= 15 is 0 Å². The van der Waals surface area contributed by atoms with Crippen LogP contribution in [-0.2, 0) is 0 Å². The number of aromatic nitrogens is 2. The predicted octanol–water partition coefficient (Wildman–Crippen LogP) is 0.952. The second-order valence-corrected chi connectivity index (χ2v) is 3.55. The number of hydrogen-bond donors (Lipinski definition) is 1. The van der Waals surface area contributed by atoms with Gasteiger partial charge >= 0.3 is 6.01 Å². The minimum Gasteiger partial charge on any atom is -0.467 e. The van der Waals surface area contributed by atoms with Crippen molar-refractivity contribution in [2.45, 2.75) is 18.8 Å². The van der Waals surface area contributed by atoms with Crippen LogP contribution in [0.25, 0.3) is 0 Å². The zero-order valence-electron chi connectivity index (χ0n) is 8.36. The highest BCUT2D eigenvalue weighted by atomic mass is 16.5. The zero-order chi connectivity index (χ0) is 9.80. The van der Waals surface area contributed by atoms with E-state index in [1.54, 1.807) is 7.11 Å². The largest absolute Gasteiger partial charge is 0.467 e. The minimum atomic E-state index is 0.442. The smallest absolute Gasteiger partial charge is 0.316 e. The van der Waals surface area contributed by atoms with Crippen molar-refractivity contribution in [3.8, 4) is 6.01 Å². The Balaban J connectivity index is 2.07. The topological polar surface area (TPSA) is 47.0 Å². The van der Waals surface area contributed by atoms with E-state index in [0.717, 1.165) is 13.1 Å². The van der Waals surface area contributed by atoms with Crippen molar-refractivity contribution in [1.29, 1.82) is 0 Å².